The van der Waals surface area contributed by atoms with Crippen molar-refractivity contribution in [3.8, 4) is 0 Å². The molecule has 1 aliphatic rings. The number of piperazine rings is 1. The van der Waals surface area contributed by atoms with Crippen molar-refractivity contribution in [1.29, 1.82) is 0 Å². The number of pyridine rings is 1. The molecule has 0 amide bonds. The topological polar surface area (TPSA) is 37.0 Å². The van der Waals surface area contributed by atoms with E-state index in [4.69, 9.17) is 0 Å². The molecule has 2 heterocycles. The molecule has 1 aromatic rings. The van der Waals surface area contributed by atoms with Crippen LogP contribution in [0.25, 0.3) is 0 Å². The van der Waals surface area contributed by atoms with Gasteiger partial charge in [0.2, 0.25) is 0 Å². The third kappa shape index (κ3) is 9.16. The van der Waals surface area contributed by atoms with Gasteiger partial charge >= 0.3 is 0 Å². The average Bonchev–Trinajstić information content (AvgIpc) is 2.37. The van der Waals surface area contributed by atoms with Crippen LogP contribution in [0, 0.1) is 0 Å². The summed E-state index contributed by atoms with van der Waals surface area (Å²) in [4.78, 5) is 3.78. The number of aromatic nitrogens is 1. The SMILES string of the molecule is C1CNCCN1.CC.c1ccncc1. The number of nitrogens with one attached hydrogen (secondary N) is 2. The third-order valence-corrected chi connectivity index (χ3v) is 1.52. The van der Waals surface area contributed by atoms with E-state index in [1.165, 1.54) is 0 Å². The molecule has 2 N–H and O–H groups in total. The maximum absolute atomic E-state index is 3.78. The van der Waals surface area contributed by atoms with Crippen molar-refractivity contribution in [2.24, 2.45) is 0 Å². The summed E-state index contributed by atoms with van der Waals surface area (Å²) in [7, 11) is 0. The number of hydrogen-bond acceptors (Lipinski definition) is 3. The van der Waals surface area contributed by atoms with Crippen LogP contribution in [-0.2, 0) is 0 Å². The van der Waals surface area contributed by atoms with Gasteiger partial charge in [0.1, 0.15) is 0 Å². The van der Waals surface area contributed by atoms with Crippen LogP contribution in [-0.4, -0.2) is 31.2 Å². The molecule has 80 valence electrons. The second-order valence-corrected chi connectivity index (χ2v) is 2.52. The Hall–Kier alpha value is -0.930. The summed E-state index contributed by atoms with van der Waals surface area (Å²) in [5.41, 5.74) is 0. The molecular weight excluding hydrogens is 174 g/mol. The normalized spacial score (nSPS) is 14.1. The van der Waals surface area contributed by atoms with Crippen molar-refractivity contribution in [3.63, 3.8) is 0 Å². The highest BCUT2D eigenvalue weighted by molar-refractivity contribution is 4.88. The van der Waals surface area contributed by atoms with Crippen LogP contribution in [0.2, 0.25) is 0 Å². The van der Waals surface area contributed by atoms with Crippen molar-refractivity contribution < 1.29 is 0 Å². The minimum absolute atomic E-state index is 1.14. The minimum Gasteiger partial charge on any atom is -0.314 e. The molecule has 0 spiro atoms. The Morgan fingerprint density at radius 3 is 1.36 bits per heavy atom. The Kier molecular flexibility index (Phi) is 11.3. The maximum atomic E-state index is 3.78. The minimum atomic E-state index is 1.14. The fourth-order valence-electron chi connectivity index (χ4n) is 0.916. The lowest BCUT2D eigenvalue weighted by Crippen LogP contribution is -2.39. The fourth-order valence-corrected chi connectivity index (χ4v) is 0.916. The van der Waals surface area contributed by atoms with Gasteiger partial charge in [-0.2, -0.15) is 0 Å². The summed E-state index contributed by atoms with van der Waals surface area (Å²) in [5.74, 6) is 0. The molecule has 0 radical (unpaired) electrons. The zero-order chi connectivity index (χ0) is 10.5. The predicted molar refractivity (Wildman–Crippen MR) is 61.3 cm³/mol. The van der Waals surface area contributed by atoms with Crippen LogP contribution in [0.4, 0.5) is 0 Å². The van der Waals surface area contributed by atoms with Gasteiger partial charge in [0.15, 0.2) is 0 Å². The Morgan fingerprint density at radius 2 is 1.21 bits per heavy atom. The van der Waals surface area contributed by atoms with Crippen molar-refractivity contribution >= 4 is 0 Å². The van der Waals surface area contributed by atoms with Crippen LogP contribution < -0.4 is 10.6 Å². The highest BCUT2D eigenvalue weighted by Crippen LogP contribution is 1.73. The second-order valence-electron chi connectivity index (χ2n) is 2.52. The van der Waals surface area contributed by atoms with Crippen LogP contribution in [0.5, 0.6) is 0 Å². The van der Waals surface area contributed by atoms with E-state index in [0.29, 0.717) is 0 Å². The molecular formula is C11H21N3. The number of hydrogen-bond donors (Lipinski definition) is 2. The van der Waals surface area contributed by atoms with Crippen LogP contribution in [0.3, 0.4) is 0 Å². The van der Waals surface area contributed by atoms with E-state index in [1.807, 2.05) is 32.0 Å². The summed E-state index contributed by atoms with van der Waals surface area (Å²) < 4.78 is 0. The van der Waals surface area contributed by atoms with E-state index in [-0.39, 0.29) is 0 Å². The van der Waals surface area contributed by atoms with E-state index in [9.17, 15) is 0 Å². The lowest BCUT2D eigenvalue weighted by Gasteiger charge is -2.11. The first-order chi connectivity index (χ1) is 7.00. The molecule has 0 aliphatic carbocycles. The Bertz CT molecular complexity index is 135. The summed E-state index contributed by atoms with van der Waals surface area (Å²) in [6.07, 6.45) is 3.50. The Balaban J connectivity index is 0.000000206. The molecule has 0 unspecified atom stereocenters. The molecule has 1 fully saturated rings. The van der Waals surface area contributed by atoms with E-state index in [2.05, 4.69) is 15.6 Å². The highest BCUT2D eigenvalue weighted by Gasteiger charge is 1.91. The molecule has 0 bridgehead atoms. The Labute approximate surface area is 86.9 Å². The summed E-state index contributed by atoms with van der Waals surface area (Å²) >= 11 is 0. The van der Waals surface area contributed by atoms with Gasteiger partial charge in [0.05, 0.1) is 0 Å². The smallest absolute Gasteiger partial charge is 0.0267 e. The Morgan fingerprint density at radius 1 is 0.786 bits per heavy atom. The summed E-state index contributed by atoms with van der Waals surface area (Å²) in [6, 6.07) is 5.72. The molecule has 2 rings (SSSR count). The summed E-state index contributed by atoms with van der Waals surface area (Å²) in [5, 5.41) is 6.44. The molecule has 0 aromatic carbocycles. The van der Waals surface area contributed by atoms with Gasteiger partial charge in [-0.05, 0) is 12.1 Å². The highest BCUT2D eigenvalue weighted by atomic mass is 15.0. The molecule has 1 aromatic heterocycles. The molecule has 0 saturated carbocycles. The molecule has 3 heteroatoms. The molecule has 14 heavy (non-hydrogen) atoms. The van der Waals surface area contributed by atoms with Gasteiger partial charge in [-0.1, -0.05) is 19.9 Å². The molecule has 1 aliphatic heterocycles. The monoisotopic (exact) mass is 195 g/mol. The van der Waals surface area contributed by atoms with Gasteiger partial charge in [-0.15, -0.1) is 0 Å². The van der Waals surface area contributed by atoms with Gasteiger partial charge in [0.25, 0.3) is 0 Å². The lowest BCUT2D eigenvalue weighted by molar-refractivity contribution is 0.534. The standard InChI is InChI=1S/C5H5N.C4H10N2.C2H6/c1-2-4-6-5-3-1;1-2-6-4-3-5-1;1-2/h1-5H;5-6H,1-4H2;1-2H3. The van der Waals surface area contributed by atoms with E-state index in [1.54, 1.807) is 12.4 Å². The van der Waals surface area contributed by atoms with Gasteiger partial charge in [0, 0.05) is 38.6 Å². The van der Waals surface area contributed by atoms with Crippen LogP contribution >= 0.6 is 0 Å². The first kappa shape index (κ1) is 13.1. The van der Waals surface area contributed by atoms with Crippen molar-refractivity contribution in [2.45, 2.75) is 13.8 Å². The van der Waals surface area contributed by atoms with Crippen molar-refractivity contribution in [2.75, 3.05) is 26.2 Å². The number of nitrogens with zero attached hydrogens (tertiary/aromatic N) is 1. The van der Waals surface area contributed by atoms with E-state index in [0.717, 1.165) is 26.2 Å². The fraction of sp³-hybridized carbons (Fsp3) is 0.545. The van der Waals surface area contributed by atoms with Crippen molar-refractivity contribution in [3.05, 3.63) is 30.6 Å². The number of rotatable bonds is 0. The lowest BCUT2D eigenvalue weighted by atomic mass is 10.4. The van der Waals surface area contributed by atoms with E-state index < -0.39 is 0 Å². The van der Waals surface area contributed by atoms with Gasteiger partial charge < -0.3 is 10.6 Å². The second kappa shape index (κ2) is 12.1. The zero-order valence-electron chi connectivity index (χ0n) is 9.16. The first-order valence-corrected chi connectivity index (χ1v) is 5.26. The van der Waals surface area contributed by atoms with Crippen molar-refractivity contribution in [1.82, 2.24) is 15.6 Å². The van der Waals surface area contributed by atoms with E-state index >= 15 is 0 Å². The zero-order valence-corrected chi connectivity index (χ0v) is 9.16. The van der Waals surface area contributed by atoms with Crippen LogP contribution in [0.1, 0.15) is 13.8 Å². The maximum Gasteiger partial charge on any atom is 0.0267 e. The first-order valence-electron chi connectivity index (χ1n) is 5.26. The largest absolute Gasteiger partial charge is 0.314 e. The van der Waals surface area contributed by atoms with Gasteiger partial charge in [-0.25, -0.2) is 0 Å². The summed E-state index contributed by atoms with van der Waals surface area (Å²) in [6.45, 7) is 8.56. The molecule has 1 saturated heterocycles. The average molecular weight is 195 g/mol. The quantitative estimate of drug-likeness (QED) is 0.655. The predicted octanol–water partition coefficient (Wildman–Crippen LogP) is 1.29. The third-order valence-electron chi connectivity index (χ3n) is 1.52. The van der Waals surface area contributed by atoms with Gasteiger partial charge in [-0.3, -0.25) is 4.98 Å². The van der Waals surface area contributed by atoms with Crippen LogP contribution in [0.15, 0.2) is 30.6 Å². The molecule has 3 nitrogen and oxygen atoms in total. The molecule has 0 atom stereocenters.